The molecule has 0 N–H and O–H groups in total. The summed E-state index contributed by atoms with van der Waals surface area (Å²) in [7, 11) is 0. The van der Waals surface area contributed by atoms with Crippen molar-refractivity contribution in [3.8, 4) is 17.1 Å². The van der Waals surface area contributed by atoms with E-state index in [9.17, 15) is 4.79 Å². The number of aromatic nitrogens is 2. The fourth-order valence-corrected chi connectivity index (χ4v) is 3.48. The van der Waals surface area contributed by atoms with Gasteiger partial charge in [-0.1, -0.05) is 35.0 Å². The Morgan fingerprint density at radius 3 is 2.62 bits per heavy atom. The number of carbonyl (C=O) groups excluding carboxylic acids is 1. The van der Waals surface area contributed by atoms with E-state index in [0.717, 1.165) is 21.2 Å². The Kier molecular flexibility index (Phi) is 6.69. The second-order valence-corrected chi connectivity index (χ2v) is 8.07. The van der Waals surface area contributed by atoms with Gasteiger partial charge in [0.1, 0.15) is 12.3 Å². The van der Waals surface area contributed by atoms with E-state index >= 15 is 0 Å². The molecule has 0 spiro atoms. The number of ether oxygens (including phenoxy) is 1. The summed E-state index contributed by atoms with van der Waals surface area (Å²) in [5.74, 6) is 1.38. The highest BCUT2D eigenvalue weighted by molar-refractivity contribution is 9.10. The predicted molar refractivity (Wildman–Crippen MR) is 115 cm³/mol. The van der Waals surface area contributed by atoms with Crippen molar-refractivity contribution >= 4 is 21.8 Å². The van der Waals surface area contributed by atoms with Crippen LogP contribution >= 0.6 is 15.9 Å². The van der Waals surface area contributed by atoms with Crippen molar-refractivity contribution in [2.75, 3.05) is 6.61 Å². The normalized spacial score (nSPS) is 11.0. The third-order valence-corrected chi connectivity index (χ3v) is 5.05. The van der Waals surface area contributed by atoms with Gasteiger partial charge in [0.15, 0.2) is 6.61 Å². The number of hydrogen-bond acceptors (Lipinski definition) is 5. The minimum absolute atomic E-state index is 0.0399. The predicted octanol–water partition coefficient (Wildman–Crippen LogP) is 4.93. The van der Waals surface area contributed by atoms with Crippen LogP contribution in [0.5, 0.6) is 5.75 Å². The fraction of sp³-hybridized carbons (Fsp3) is 0.318. The average molecular weight is 458 g/mol. The lowest BCUT2D eigenvalue weighted by atomic mass is 10.1. The van der Waals surface area contributed by atoms with Crippen LogP contribution in [0.25, 0.3) is 11.4 Å². The first-order valence-electron chi connectivity index (χ1n) is 9.41. The number of carbonyl (C=O) groups is 1. The first-order valence-corrected chi connectivity index (χ1v) is 10.2. The van der Waals surface area contributed by atoms with E-state index in [0.29, 0.717) is 17.5 Å². The molecule has 1 aromatic heterocycles. The average Bonchev–Trinajstić information content (AvgIpc) is 3.14. The number of amides is 1. The van der Waals surface area contributed by atoms with Crippen molar-refractivity contribution in [2.24, 2.45) is 0 Å². The van der Waals surface area contributed by atoms with Crippen LogP contribution in [0.1, 0.15) is 30.9 Å². The Balaban J connectivity index is 1.67. The summed E-state index contributed by atoms with van der Waals surface area (Å²) in [6, 6.07) is 13.6. The van der Waals surface area contributed by atoms with Crippen LogP contribution in [0, 0.1) is 13.8 Å². The second-order valence-electron chi connectivity index (χ2n) is 7.22. The molecule has 0 saturated heterocycles. The van der Waals surface area contributed by atoms with Gasteiger partial charge in [0.2, 0.25) is 11.7 Å². The summed E-state index contributed by atoms with van der Waals surface area (Å²) in [5, 5.41) is 4.05. The Morgan fingerprint density at radius 2 is 1.93 bits per heavy atom. The molecule has 0 saturated carbocycles. The molecule has 3 aromatic rings. The molecule has 0 fully saturated rings. The van der Waals surface area contributed by atoms with E-state index in [2.05, 4.69) is 26.1 Å². The van der Waals surface area contributed by atoms with Crippen molar-refractivity contribution in [2.45, 2.75) is 40.3 Å². The Bertz CT molecular complexity index is 1000. The van der Waals surface area contributed by atoms with Gasteiger partial charge in [0, 0.05) is 11.6 Å². The highest BCUT2D eigenvalue weighted by atomic mass is 79.9. The van der Waals surface area contributed by atoms with E-state index < -0.39 is 0 Å². The molecule has 6 nitrogen and oxygen atoms in total. The van der Waals surface area contributed by atoms with Gasteiger partial charge >= 0.3 is 0 Å². The van der Waals surface area contributed by atoms with Crippen LogP contribution in [0.2, 0.25) is 0 Å². The molecule has 1 heterocycles. The van der Waals surface area contributed by atoms with E-state index in [1.165, 1.54) is 0 Å². The molecule has 0 aliphatic rings. The lowest BCUT2D eigenvalue weighted by Gasteiger charge is -2.25. The molecule has 0 unspecified atom stereocenters. The molecule has 0 aliphatic heterocycles. The minimum Gasteiger partial charge on any atom is -0.483 e. The largest absolute Gasteiger partial charge is 0.483 e. The monoisotopic (exact) mass is 457 g/mol. The van der Waals surface area contributed by atoms with E-state index in [1.807, 2.05) is 70.2 Å². The Hall–Kier alpha value is -2.67. The molecular weight excluding hydrogens is 434 g/mol. The Morgan fingerprint density at radius 1 is 1.17 bits per heavy atom. The molecule has 29 heavy (non-hydrogen) atoms. The summed E-state index contributed by atoms with van der Waals surface area (Å²) < 4.78 is 11.9. The summed E-state index contributed by atoms with van der Waals surface area (Å²) in [5.41, 5.74) is 3.11. The summed E-state index contributed by atoms with van der Waals surface area (Å²) in [4.78, 5) is 18.9. The topological polar surface area (TPSA) is 68.5 Å². The fourth-order valence-electron chi connectivity index (χ4n) is 2.87. The van der Waals surface area contributed by atoms with Gasteiger partial charge in [-0.3, -0.25) is 4.79 Å². The molecule has 152 valence electrons. The van der Waals surface area contributed by atoms with Crippen LogP contribution in [0.15, 0.2) is 51.5 Å². The van der Waals surface area contributed by atoms with Crippen LogP contribution in [-0.2, 0) is 11.3 Å². The zero-order chi connectivity index (χ0) is 21.0. The van der Waals surface area contributed by atoms with Gasteiger partial charge in [0.25, 0.3) is 5.91 Å². The number of aryl methyl sites for hydroxylation is 2. The molecule has 7 heteroatoms. The van der Waals surface area contributed by atoms with Gasteiger partial charge in [-0.15, -0.1) is 0 Å². The number of halogens is 1. The van der Waals surface area contributed by atoms with Crippen molar-refractivity contribution in [3.63, 3.8) is 0 Å². The molecular formula is C22H24BrN3O3. The smallest absolute Gasteiger partial charge is 0.261 e. The molecule has 0 bridgehead atoms. The molecule has 3 rings (SSSR count). The molecule has 0 atom stereocenters. The lowest BCUT2D eigenvalue weighted by Crippen LogP contribution is -2.39. The maximum atomic E-state index is 12.8. The highest BCUT2D eigenvalue weighted by Gasteiger charge is 2.21. The first kappa shape index (κ1) is 21.0. The van der Waals surface area contributed by atoms with Crippen LogP contribution in [-0.4, -0.2) is 33.6 Å². The van der Waals surface area contributed by atoms with Crippen LogP contribution in [0.4, 0.5) is 0 Å². The van der Waals surface area contributed by atoms with E-state index in [1.54, 1.807) is 4.90 Å². The quantitative estimate of drug-likeness (QED) is 0.502. The van der Waals surface area contributed by atoms with Crippen LogP contribution < -0.4 is 4.74 Å². The maximum Gasteiger partial charge on any atom is 0.261 e. The van der Waals surface area contributed by atoms with Crippen molar-refractivity contribution in [3.05, 3.63) is 64.0 Å². The van der Waals surface area contributed by atoms with Crippen LogP contribution in [0.3, 0.4) is 0 Å². The molecule has 0 radical (unpaired) electrons. The lowest BCUT2D eigenvalue weighted by molar-refractivity contribution is -0.136. The standard InChI is InChI=1S/C22H24BrN3O3/c1-14(2)26(21(27)13-28-19-9-8-16(4)11-18(19)23)12-20-24-22(25-29-20)17-7-5-6-15(3)10-17/h5-11,14H,12-13H2,1-4H3. The molecule has 1 amide bonds. The Labute approximate surface area is 179 Å². The van der Waals surface area contributed by atoms with Crippen molar-refractivity contribution < 1.29 is 14.1 Å². The zero-order valence-electron chi connectivity index (χ0n) is 17.0. The van der Waals surface area contributed by atoms with Gasteiger partial charge in [0.05, 0.1) is 4.47 Å². The van der Waals surface area contributed by atoms with Gasteiger partial charge in [-0.05, 0) is 67.4 Å². The van der Waals surface area contributed by atoms with Gasteiger partial charge in [-0.2, -0.15) is 4.98 Å². The summed E-state index contributed by atoms with van der Waals surface area (Å²) in [6.07, 6.45) is 0. The van der Waals surface area contributed by atoms with Gasteiger partial charge in [-0.25, -0.2) is 0 Å². The maximum absolute atomic E-state index is 12.8. The third-order valence-electron chi connectivity index (χ3n) is 4.43. The first-order chi connectivity index (χ1) is 13.8. The highest BCUT2D eigenvalue weighted by Crippen LogP contribution is 2.26. The molecule has 0 aliphatic carbocycles. The number of rotatable bonds is 7. The summed E-state index contributed by atoms with van der Waals surface area (Å²) in [6.45, 7) is 8.05. The van der Waals surface area contributed by atoms with E-state index in [4.69, 9.17) is 9.26 Å². The second kappa shape index (κ2) is 9.22. The van der Waals surface area contributed by atoms with Crippen molar-refractivity contribution in [1.82, 2.24) is 15.0 Å². The number of hydrogen-bond donors (Lipinski definition) is 0. The number of nitrogens with zero attached hydrogens (tertiary/aromatic N) is 3. The SMILES string of the molecule is Cc1cccc(-c2noc(CN(C(=O)COc3ccc(C)cc3Br)C(C)C)n2)c1. The van der Waals surface area contributed by atoms with E-state index in [-0.39, 0.29) is 25.1 Å². The van der Waals surface area contributed by atoms with Gasteiger partial charge < -0.3 is 14.2 Å². The van der Waals surface area contributed by atoms with Crippen molar-refractivity contribution in [1.29, 1.82) is 0 Å². The number of benzene rings is 2. The summed E-state index contributed by atoms with van der Waals surface area (Å²) >= 11 is 3.46. The minimum atomic E-state index is -0.150. The zero-order valence-corrected chi connectivity index (χ0v) is 18.6. The molecule has 2 aromatic carbocycles. The third kappa shape index (κ3) is 5.44.